The summed E-state index contributed by atoms with van der Waals surface area (Å²) >= 11 is 17.1. The number of nitrogens with zero attached hydrogens (tertiary/aromatic N) is 3. The van der Waals surface area contributed by atoms with Gasteiger partial charge in [-0.3, -0.25) is 9.36 Å². The van der Waals surface area contributed by atoms with E-state index >= 15 is 0 Å². The quantitative estimate of drug-likeness (QED) is 0.254. The van der Waals surface area contributed by atoms with Gasteiger partial charge in [-0.05, 0) is 48.9 Å². The predicted molar refractivity (Wildman–Crippen MR) is 128 cm³/mol. The van der Waals surface area contributed by atoms with Crippen LogP contribution in [0.2, 0.25) is 10.0 Å². The molecule has 0 spiro atoms. The lowest BCUT2D eigenvalue weighted by Gasteiger charge is -2.12. The van der Waals surface area contributed by atoms with Gasteiger partial charge in [0, 0.05) is 20.9 Å². The number of amides is 1. The number of unbranched alkanes of at least 4 members (excludes halogenated alkanes) is 1. The first kappa shape index (κ1) is 23.9. The zero-order chi connectivity index (χ0) is 22.2. The summed E-state index contributed by atoms with van der Waals surface area (Å²) in [5.74, 6) is 1.69. The Kier molecular flexibility index (Phi) is 9.07. The fraction of sp³-hybridized carbons (Fsp3) is 0.286. The van der Waals surface area contributed by atoms with E-state index in [9.17, 15) is 4.79 Å². The minimum absolute atomic E-state index is 0.175. The minimum Gasteiger partial charge on any atom is -0.482 e. The molecule has 1 amide bonds. The van der Waals surface area contributed by atoms with Crippen LogP contribution in [0.3, 0.4) is 0 Å². The van der Waals surface area contributed by atoms with Gasteiger partial charge >= 0.3 is 0 Å². The second-order valence-electron chi connectivity index (χ2n) is 6.55. The summed E-state index contributed by atoms with van der Waals surface area (Å²) in [6.45, 7) is 2.19. The normalized spacial score (nSPS) is 10.8. The third-order valence-electron chi connectivity index (χ3n) is 4.21. The van der Waals surface area contributed by atoms with Crippen LogP contribution in [0.5, 0.6) is 5.75 Å². The number of carbonyl (C=O) groups excluding carboxylic acids is 1. The molecule has 6 nitrogen and oxygen atoms in total. The Balaban J connectivity index is 1.67. The van der Waals surface area contributed by atoms with Crippen molar-refractivity contribution >= 4 is 56.8 Å². The SMILES string of the molecule is CCCCSc1nnc(CNC(=O)COc2ccc(Cl)cc2Cl)n1-c1ccc(Br)cc1. The Morgan fingerprint density at radius 2 is 1.97 bits per heavy atom. The van der Waals surface area contributed by atoms with Crippen LogP contribution >= 0.6 is 50.9 Å². The van der Waals surface area contributed by atoms with Crippen molar-refractivity contribution in [1.82, 2.24) is 20.1 Å². The minimum atomic E-state index is -0.295. The van der Waals surface area contributed by atoms with E-state index < -0.39 is 0 Å². The lowest BCUT2D eigenvalue weighted by molar-refractivity contribution is -0.123. The first-order valence-corrected chi connectivity index (χ1v) is 12.2. The highest BCUT2D eigenvalue weighted by molar-refractivity contribution is 9.10. The van der Waals surface area contributed by atoms with Gasteiger partial charge in [0.2, 0.25) is 0 Å². The Hall–Kier alpha value is -1.74. The van der Waals surface area contributed by atoms with Gasteiger partial charge < -0.3 is 10.1 Å². The maximum Gasteiger partial charge on any atom is 0.258 e. The van der Waals surface area contributed by atoms with E-state index in [0.29, 0.717) is 21.6 Å². The number of hydrogen-bond acceptors (Lipinski definition) is 5. The molecule has 3 aromatic rings. The Labute approximate surface area is 203 Å². The van der Waals surface area contributed by atoms with Crippen molar-refractivity contribution in [2.75, 3.05) is 12.4 Å². The number of carbonyl (C=O) groups is 1. The van der Waals surface area contributed by atoms with Crippen molar-refractivity contribution in [3.63, 3.8) is 0 Å². The van der Waals surface area contributed by atoms with E-state index in [0.717, 1.165) is 33.9 Å². The lowest BCUT2D eigenvalue weighted by Crippen LogP contribution is -2.29. The zero-order valence-corrected chi connectivity index (χ0v) is 20.7. The number of aromatic nitrogens is 3. The molecule has 0 atom stereocenters. The van der Waals surface area contributed by atoms with E-state index in [-0.39, 0.29) is 19.1 Å². The number of nitrogens with one attached hydrogen (secondary N) is 1. The van der Waals surface area contributed by atoms with Crippen LogP contribution in [-0.2, 0) is 11.3 Å². The molecule has 0 saturated heterocycles. The molecular weight excluding hydrogens is 523 g/mol. The molecule has 164 valence electrons. The van der Waals surface area contributed by atoms with Crippen molar-refractivity contribution in [2.45, 2.75) is 31.5 Å². The fourth-order valence-electron chi connectivity index (χ4n) is 2.63. The molecule has 0 unspecified atom stereocenters. The molecule has 10 heteroatoms. The molecule has 2 aromatic carbocycles. The van der Waals surface area contributed by atoms with Crippen molar-refractivity contribution in [3.05, 3.63) is 62.8 Å². The van der Waals surface area contributed by atoms with E-state index in [1.807, 2.05) is 28.8 Å². The van der Waals surface area contributed by atoms with Gasteiger partial charge in [-0.1, -0.05) is 64.2 Å². The van der Waals surface area contributed by atoms with Crippen LogP contribution in [0.4, 0.5) is 0 Å². The van der Waals surface area contributed by atoms with Crippen molar-refractivity contribution in [1.29, 1.82) is 0 Å². The van der Waals surface area contributed by atoms with Gasteiger partial charge in [0.15, 0.2) is 17.6 Å². The second-order valence-corrected chi connectivity index (χ2v) is 9.37. The molecule has 31 heavy (non-hydrogen) atoms. The fourth-order valence-corrected chi connectivity index (χ4v) is 4.41. The highest BCUT2D eigenvalue weighted by Crippen LogP contribution is 2.27. The molecule has 0 fully saturated rings. The molecule has 0 saturated carbocycles. The summed E-state index contributed by atoms with van der Waals surface area (Å²) < 4.78 is 8.43. The number of hydrogen-bond donors (Lipinski definition) is 1. The van der Waals surface area contributed by atoms with Gasteiger partial charge in [-0.25, -0.2) is 0 Å². The van der Waals surface area contributed by atoms with E-state index in [2.05, 4.69) is 38.4 Å². The summed E-state index contributed by atoms with van der Waals surface area (Å²) in [4.78, 5) is 12.3. The third kappa shape index (κ3) is 6.87. The number of thioether (sulfide) groups is 1. The van der Waals surface area contributed by atoms with Crippen molar-refractivity contribution in [2.24, 2.45) is 0 Å². The molecule has 0 aliphatic heterocycles. The van der Waals surface area contributed by atoms with Gasteiger partial charge in [0.1, 0.15) is 5.75 Å². The van der Waals surface area contributed by atoms with Crippen LogP contribution in [0, 0.1) is 0 Å². The van der Waals surface area contributed by atoms with Gasteiger partial charge in [0.25, 0.3) is 5.91 Å². The highest BCUT2D eigenvalue weighted by atomic mass is 79.9. The lowest BCUT2D eigenvalue weighted by atomic mass is 10.3. The summed E-state index contributed by atoms with van der Waals surface area (Å²) in [6.07, 6.45) is 2.20. The number of ether oxygens (including phenoxy) is 1. The molecule has 3 rings (SSSR count). The van der Waals surface area contributed by atoms with Crippen LogP contribution in [0.1, 0.15) is 25.6 Å². The number of halogens is 3. The zero-order valence-electron chi connectivity index (χ0n) is 16.8. The summed E-state index contributed by atoms with van der Waals surface area (Å²) in [7, 11) is 0. The molecule has 1 heterocycles. The average molecular weight is 544 g/mol. The van der Waals surface area contributed by atoms with E-state index in [4.69, 9.17) is 27.9 Å². The summed E-state index contributed by atoms with van der Waals surface area (Å²) in [5.41, 5.74) is 0.931. The molecule has 0 aliphatic rings. The molecule has 0 aliphatic carbocycles. The van der Waals surface area contributed by atoms with Gasteiger partial charge in [-0.15, -0.1) is 10.2 Å². The monoisotopic (exact) mass is 542 g/mol. The first-order chi connectivity index (χ1) is 15.0. The molecule has 0 bridgehead atoms. The standard InChI is InChI=1S/C21H21BrCl2N4O2S/c1-2-3-10-31-21-27-26-19(28(21)16-7-4-14(22)5-8-16)12-25-20(29)13-30-18-9-6-15(23)11-17(18)24/h4-9,11H,2-3,10,12-13H2,1H3,(H,25,29). The average Bonchev–Trinajstić information content (AvgIpc) is 3.15. The molecule has 0 radical (unpaired) electrons. The van der Waals surface area contributed by atoms with Gasteiger partial charge in [-0.2, -0.15) is 0 Å². The second kappa shape index (κ2) is 11.8. The Bertz CT molecular complexity index is 1030. The van der Waals surface area contributed by atoms with Gasteiger partial charge in [0.05, 0.1) is 11.6 Å². The third-order valence-corrected chi connectivity index (χ3v) is 6.28. The Morgan fingerprint density at radius 1 is 1.19 bits per heavy atom. The smallest absolute Gasteiger partial charge is 0.258 e. The van der Waals surface area contributed by atoms with Crippen LogP contribution < -0.4 is 10.1 Å². The number of rotatable bonds is 10. The van der Waals surface area contributed by atoms with E-state index in [1.54, 1.807) is 30.0 Å². The molecule has 1 N–H and O–H groups in total. The molecule has 1 aromatic heterocycles. The largest absolute Gasteiger partial charge is 0.482 e. The van der Waals surface area contributed by atoms with Crippen LogP contribution in [0.15, 0.2) is 52.1 Å². The van der Waals surface area contributed by atoms with Crippen LogP contribution in [0.25, 0.3) is 5.69 Å². The maximum absolute atomic E-state index is 12.3. The van der Waals surface area contributed by atoms with Crippen molar-refractivity contribution in [3.8, 4) is 11.4 Å². The summed E-state index contributed by atoms with van der Waals surface area (Å²) in [5, 5.41) is 13.1. The predicted octanol–water partition coefficient (Wildman–Crippen LogP) is 5.92. The first-order valence-electron chi connectivity index (χ1n) is 9.65. The topological polar surface area (TPSA) is 69.0 Å². The summed E-state index contributed by atoms with van der Waals surface area (Å²) in [6, 6.07) is 12.7. The highest BCUT2D eigenvalue weighted by Gasteiger charge is 2.16. The van der Waals surface area contributed by atoms with E-state index in [1.165, 1.54) is 0 Å². The van der Waals surface area contributed by atoms with Crippen molar-refractivity contribution < 1.29 is 9.53 Å². The number of benzene rings is 2. The van der Waals surface area contributed by atoms with Crippen LogP contribution in [-0.4, -0.2) is 33.0 Å². The Morgan fingerprint density at radius 3 is 2.68 bits per heavy atom. The molecular formula is C21H21BrCl2N4O2S. The maximum atomic E-state index is 12.3.